The standard InChI is InChI=1S/C15H22N4/c1-2-19-11-9-17-15(19)13-18(10-8-16)12-14-6-4-3-5-7-14/h3-7,9,11H,2,8,10,12-13,16H2,1H3. The number of benzene rings is 1. The molecule has 19 heavy (non-hydrogen) atoms. The summed E-state index contributed by atoms with van der Waals surface area (Å²) in [5, 5.41) is 0. The van der Waals surface area contributed by atoms with Crippen LogP contribution in [0.4, 0.5) is 0 Å². The molecule has 0 spiro atoms. The summed E-state index contributed by atoms with van der Waals surface area (Å²) in [6.07, 6.45) is 3.89. The van der Waals surface area contributed by atoms with Gasteiger partial charge in [0.2, 0.25) is 0 Å². The van der Waals surface area contributed by atoms with Crippen LogP contribution in [0.3, 0.4) is 0 Å². The molecule has 0 fully saturated rings. The predicted molar refractivity (Wildman–Crippen MR) is 77.5 cm³/mol. The third kappa shape index (κ3) is 3.91. The van der Waals surface area contributed by atoms with Crippen molar-refractivity contribution in [3.8, 4) is 0 Å². The van der Waals surface area contributed by atoms with Crippen LogP contribution in [0.25, 0.3) is 0 Å². The van der Waals surface area contributed by atoms with E-state index >= 15 is 0 Å². The molecule has 0 atom stereocenters. The summed E-state index contributed by atoms with van der Waals surface area (Å²) in [5.41, 5.74) is 7.02. The smallest absolute Gasteiger partial charge is 0.122 e. The average Bonchev–Trinajstić information content (AvgIpc) is 2.87. The Hall–Kier alpha value is -1.65. The molecular formula is C15H22N4. The molecule has 0 unspecified atom stereocenters. The van der Waals surface area contributed by atoms with Crippen LogP contribution >= 0.6 is 0 Å². The Balaban J connectivity index is 2.04. The van der Waals surface area contributed by atoms with E-state index < -0.39 is 0 Å². The Morgan fingerprint density at radius 3 is 2.68 bits per heavy atom. The summed E-state index contributed by atoms with van der Waals surface area (Å²) in [7, 11) is 0. The first-order valence-electron chi connectivity index (χ1n) is 6.80. The highest BCUT2D eigenvalue weighted by Crippen LogP contribution is 2.08. The zero-order chi connectivity index (χ0) is 13.5. The fourth-order valence-corrected chi connectivity index (χ4v) is 2.22. The summed E-state index contributed by atoms with van der Waals surface area (Å²) in [5.74, 6) is 1.10. The Labute approximate surface area is 114 Å². The van der Waals surface area contributed by atoms with E-state index in [-0.39, 0.29) is 0 Å². The molecule has 0 saturated carbocycles. The molecule has 2 rings (SSSR count). The molecular weight excluding hydrogens is 236 g/mol. The average molecular weight is 258 g/mol. The number of nitrogens with zero attached hydrogens (tertiary/aromatic N) is 3. The third-order valence-corrected chi connectivity index (χ3v) is 3.20. The summed E-state index contributed by atoms with van der Waals surface area (Å²) in [6.45, 7) is 6.39. The molecule has 0 aliphatic rings. The van der Waals surface area contributed by atoms with E-state index in [1.807, 2.05) is 18.5 Å². The van der Waals surface area contributed by atoms with Crippen molar-refractivity contribution in [3.05, 3.63) is 54.1 Å². The third-order valence-electron chi connectivity index (χ3n) is 3.20. The number of imidazole rings is 1. The largest absolute Gasteiger partial charge is 0.334 e. The molecule has 0 radical (unpaired) electrons. The van der Waals surface area contributed by atoms with Gasteiger partial charge < -0.3 is 10.3 Å². The highest BCUT2D eigenvalue weighted by atomic mass is 15.2. The molecule has 0 amide bonds. The maximum Gasteiger partial charge on any atom is 0.122 e. The van der Waals surface area contributed by atoms with E-state index in [1.54, 1.807) is 0 Å². The molecule has 1 aromatic carbocycles. The number of hydrogen-bond acceptors (Lipinski definition) is 3. The molecule has 102 valence electrons. The van der Waals surface area contributed by atoms with Gasteiger partial charge in [-0.1, -0.05) is 30.3 Å². The van der Waals surface area contributed by atoms with Gasteiger partial charge in [0, 0.05) is 38.6 Å². The van der Waals surface area contributed by atoms with Crippen LogP contribution in [0.2, 0.25) is 0 Å². The first kappa shape index (κ1) is 13.8. The maximum atomic E-state index is 5.71. The molecule has 2 N–H and O–H groups in total. The van der Waals surface area contributed by atoms with Crippen molar-refractivity contribution in [1.29, 1.82) is 0 Å². The van der Waals surface area contributed by atoms with Crippen LogP contribution in [0.15, 0.2) is 42.7 Å². The monoisotopic (exact) mass is 258 g/mol. The van der Waals surface area contributed by atoms with Gasteiger partial charge in [-0.3, -0.25) is 4.90 Å². The number of aromatic nitrogens is 2. The van der Waals surface area contributed by atoms with Crippen molar-refractivity contribution in [1.82, 2.24) is 14.5 Å². The van der Waals surface area contributed by atoms with Crippen molar-refractivity contribution in [2.24, 2.45) is 5.73 Å². The van der Waals surface area contributed by atoms with Gasteiger partial charge in [-0.2, -0.15) is 0 Å². The fraction of sp³-hybridized carbons (Fsp3) is 0.400. The van der Waals surface area contributed by atoms with Gasteiger partial charge in [0.25, 0.3) is 0 Å². The Morgan fingerprint density at radius 2 is 2.00 bits per heavy atom. The van der Waals surface area contributed by atoms with Crippen LogP contribution in [0.5, 0.6) is 0 Å². The molecule has 0 saturated heterocycles. The van der Waals surface area contributed by atoms with Gasteiger partial charge >= 0.3 is 0 Å². The first-order valence-corrected chi connectivity index (χ1v) is 6.80. The lowest BCUT2D eigenvalue weighted by Crippen LogP contribution is -2.29. The van der Waals surface area contributed by atoms with Crippen LogP contribution in [0, 0.1) is 0 Å². The normalized spacial score (nSPS) is 11.1. The molecule has 0 bridgehead atoms. The lowest BCUT2D eigenvalue weighted by atomic mass is 10.2. The molecule has 1 aromatic heterocycles. The van der Waals surface area contributed by atoms with E-state index in [2.05, 4.69) is 45.6 Å². The summed E-state index contributed by atoms with van der Waals surface area (Å²) < 4.78 is 2.18. The van der Waals surface area contributed by atoms with E-state index in [4.69, 9.17) is 5.73 Å². The molecule has 2 aromatic rings. The summed E-state index contributed by atoms with van der Waals surface area (Å²) in [6, 6.07) is 10.5. The van der Waals surface area contributed by atoms with Gasteiger partial charge in [-0.25, -0.2) is 4.98 Å². The van der Waals surface area contributed by atoms with Crippen LogP contribution < -0.4 is 5.73 Å². The molecule has 0 aliphatic heterocycles. The predicted octanol–water partition coefficient (Wildman–Crippen LogP) is 1.86. The van der Waals surface area contributed by atoms with E-state index in [0.717, 1.165) is 32.0 Å². The SMILES string of the molecule is CCn1ccnc1CN(CCN)Cc1ccccc1. The fourth-order valence-electron chi connectivity index (χ4n) is 2.22. The highest BCUT2D eigenvalue weighted by molar-refractivity contribution is 5.14. The lowest BCUT2D eigenvalue weighted by molar-refractivity contribution is 0.254. The van der Waals surface area contributed by atoms with Crippen molar-refractivity contribution in [2.45, 2.75) is 26.6 Å². The van der Waals surface area contributed by atoms with Gasteiger partial charge in [-0.05, 0) is 12.5 Å². The molecule has 4 nitrogen and oxygen atoms in total. The molecule has 0 aliphatic carbocycles. The van der Waals surface area contributed by atoms with Gasteiger partial charge in [-0.15, -0.1) is 0 Å². The summed E-state index contributed by atoms with van der Waals surface area (Å²) >= 11 is 0. The quantitative estimate of drug-likeness (QED) is 0.824. The van der Waals surface area contributed by atoms with E-state index in [9.17, 15) is 0 Å². The summed E-state index contributed by atoms with van der Waals surface area (Å²) in [4.78, 5) is 6.77. The second-order valence-corrected chi connectivity index (χ2v) is 4.61. The van der Waals surface area contributed by atoms with E-state index in [1.165, 1.54) is 5.56 Å². The van der Waals surface area contributed by atoms with E-state index in [0.29, 0.717) is 6.54 Å². The van der Waals surface area contributed by atoms with Crippen LogP contribution in [-0.2, 0) is 19.6 Å². The molecule has 4 heteroatoms. The number of hydrogen-bond donors (Lipinski definition) is 1. The Kier molecular flexibility index (Phi) is 5.12. The minimum atomic E-state index is 0.666. The van der Waals surface area contributed by atoms with Crippen LogP contribution in [-0.4, -0.2) is 27.5 Å². The highest BCUT2D eigenvalue weighted by Gasteiger charge is 2.09. The van der Waals surface area contributed by atoms with Gasteiger partial charge in [0.15, 0.2) is 0 Å². The zero-order valence-electron chi connectivity index (χ0n) is 11.5. The maximum absolute atomic E-state index is 5.71. The zero-order valence-corrected chi connectivity index (χ0v) is 11.5. The van der Waals surface area contributed by atoms with Crippen molar-refractivity contribution in [2.75, 3.05) is 13.1 Å². The first-order chi connectivity index (χ1) is 9.33. The second-order valence-electron chi connectivity index (χ2n) is 4.61. The molecule has 1 heterocycles. The van der Waals surface area contributed by atoms with Crippen molar-refractivity contribution in [3.63, 3.8) is 0 Å². The Morgan fingerprint density at radius 1 is 1.21 bits per heavy atom. The van der Waals surface area contributed by atoms with Gasteiger partial charge in [0.05, 0.1) is 6.54 Å². The minimum absolute atomic E-state index is 0.666. The van der Waals surface area contributed by atoms with Gasteiger partial charge in [0.1, 0.15) is 5.82 Å². The topological polar surface area (TPSA) is 47.1 Å². The number of nitrogens with two attached hydrogens (primary N) is 1. The van der Waals surface area contributed by atoms with Crippen molar-refractivity contribution >= 4 is 0 Å². The second kappa shape index (κ2) is 7.07. The number of aryl methyl sites for hydroxylation is 1. The Bertz CT molecular complexity index is 478. The minimum Gasteiger partial charge on any atom is -0.334 e. The lowest BCUT2D eigenvalue weighted by Gasteiger charge is -2.21. The van der Waals surface area contributed by atoms with Crippen LogP contribution in [0.1, 0.15) is 18.3 Å². The van der Waals surface area contributed by atoms with Crippen molar-refractivity contribution < 1.29 is 0 Å². The number of rotatable bonds is 7.